The van der Waals surface area contributed by atoms with Crippen LogP contribution in [0, 0.1) is 0 Å². The number of pyridine rings is 1. The Kier molecular flexibility index (Phi) is 4.64. The number of nitrogens with zero attached hydrogens (tertiary/aromatic N) is 5. The van der Waals surface area contributed by atoms with Crippen LogP contribution >= 0.6 is 0 Å². The number of carbonyl (C=O) groups is 2. The zero-order valence-corrected chi connectivity index (χ0v) is 15.6. The number of nitrogens with two attached hydrogens (primary N) is 1. The molecule has 1 fully saturated rings. The molecule has 4 rings (SSSR count). The minimum Gasteiger partial charge on any atom is -0.366 e. The molecule has 0 spiro atoms. The maximum atomic E-state index is 11.6. The first-order valence-electron chi connectivity index (χ1n) is 9.14. The summed E-state index contributed by atoms with van der Waals surface area (Å²) < 4.78 is 0. The summed E-state index contributed by atoms with van der Waals surface area (Å²) in [4.78, 5) is 43.6. The van der Waals surface area contributed by atoms with E-state index in [1.54, 1.807) is 19.2 Å². The number of aromatic amines is 1. The lowest BCUT2D eigenvalue weighted by Gasteiger charge is -2.21. The Bertz CT molecular complexity index is 1050. The molecule has 0 aliphatic carbocycles. The lowest BCUT2D eigenvalue weighted by atomic mass is 10.1. The average Bonchev–Trinajstić information content (AvgIpc) is 2.95. The Hall–Kier alpha value is -3.49. The second kappa shape index (κ2) is 7.26. The van der Waals surface area contributed by atoms with Crippen LogP contribution in [0.5, 0.6) is 0 Å². The van der Waals surface area contributed by atoms with Crippen molar-refractivity contribution >= 4 is 28.8 Å². The molecule has 144 valence electrons. The van der Waals surface area contributed by atoms with E-state index in [1.165, 1.54) is 6.20 Å². The summed E-state index contributed by atoms with van der Waals surface area (Å²) in [5, 5.41) is 0.777. The normalized spacial score (nSPS) is 14.9. The van der Waals surface area contributed by atoms with Gasteiger partial charge >= 0.3 is 0 Å². The molecule has 0 unspecified atom stereocenters. The largest absolute Gasteiger partial charge is 0.366 e. The van der Waals surface area contributed by atoms with Crippen LogP contribution in [0.15, 0.2) is 30.7 Å². The molecular formula is C19H21N7O2. The third-order valence-electron chi connectivity index (χ3n) is 4.96. The molecule has 3 aromatic heterocycles. The molecule has 1 aliphatic rings. The van der Waals surface area contributed by atoms with Crippen LogP contribution in [0.4, 0.5) is 5.95 Å². The van der Waals surface area contributed by atoms with E-state index in [4.69, 9.17) is 10.7 Å². The van der Waals surface area contributed by atoms with E-state index in [0.717, 1.165) is 36.2 Å². The van der Waals surface area contributed by atoms with Crippen LogP contribution in [0.25, 0.3) is 22.3 Å². The van der Waals surface area contributed by atoms with E-state index in [-0.39, 0.29) is 5.91 Å². The first kappa shape index (κ1) is 17.9. The van der Waals surface area contributed by atoms with Crippen molar-refractivity contribution in [3.63, 3.8) is 0 Å². The number of primary amides is 1. The Morgan fingerprint density at radius 1 is 1.18 bits per heavy atom. The lowest BCUT2D eigenvalue weighted by molar-refractivity contribution is -0.128. The van der Waals surface area contributed by atoms with Crippen molar-refractivity contribution in [1.29, 1.82) is 0 Å². The average molecular weight is 379 g/mol. The molecule has 9 nitrogen and oxygen atoms in total. The number of anilines is 1. The number of fused-ring (bicyclic) bond motifs is 1. The molecule has 28 heavy (non-hydrogen) atoms. The van der Waals surface area contributed by atoms with Gasteiger partial charge < -0.3 is 20.5 Å². The van der Waals surface area contributed by atoms with Gasteiger partial charge in [-0.2, -0.15) is 0 Å². The highest BCUT2D eigenvalue weighted by atomic mass is 16.2. The van der Waals surface area contributed by atoms with E-state index in [0.29, 0.717) is 30.2 Å². The molecule has 4 heterocycles. The lowest BCUT2D eigenvalue weighted by Crippen LogP contribution is -2.34. The maximum absolute atomic E-state index is 11.6. The summed E-state index contributed by atoms with van der Waals surface area (Å²) >= 11 is 0. The Balaban J connectivity index is 1.66. The van der Waals surface area contributed by atoms with Crippen LogP contribution in [-0.4, -0.2) is 62.8 Å². The van der Waals surface area contributed by atoms with Gasteiger partial charge in [0.25, 0.3) is 0 Å². The van der Waals surface area contributed by atoms with Gasteiger partial charge in [-0.1, -0.05) is 0 Å². The fourth-order valence-corrected chi connectivity index (χ4v) is 3.43. The third kappa shape index (κ3) is 3.38. The molecule has 3 N–H and O–H groups in total. The number of carbonyl (C=O) groups excluding carboxylic acids is 2. The second-order valence-corrected chi connectivity index (χ2v) is 6.78. The maximum Gasteiger partial charge on any atom is 0.250 e. The van der Waals surface area contributed by atoms with Gasteiger partial charge in [0.05, 0.1) is 11.3 Å². The molecule has 0 radical (unpaired) electrons. The van der Waals surface area contributed by atoms with E-state index >= 15 is 0 Å². The van der Waals surface area contributed by atoms with Crippen molar-refractivity contribution in [3.05, 3.63) is 36.3 Å². The van der Waals surface area contributed by atoms with Gasteiger partial charge in [0.1, 0.15) is 5.65 Å². The highest BCUT2D eigenvalue weighted by Crippen LogP contribution is 2.28. The van der Waals surface area contributed by atoms with Gasteiger partial charge in [0.2, 0.25) is 17.8 Å². The summed E-state index contributed by atoms with van der Waals surface area (Å²) in [7, 11) is 0. The summed E-state index contributed by atoms with van der Waals surface area (Å²) in [6.45, 7) is 4.47. The van der Waals surface area contributed by atoms with Crippen molar-refractivity contribution in [2.75, 3.05) is 31.1 Å². The van der Waals surface area contributed by atoms with Crippen molar-refractivity contribution < 1.29 is 9.59 Å². The van der Waals surface area contributed by atoms with Gasteiger partial charge in [0.15, 0.2) is 0 Å². The summed E-state index contributed by atoms with van der Waals surface area (Å²) in [5.74, 6) is 0.189. The molecule has 1 aliphatic heterocycles. The fourth-order valence-electron chi connectivity index (χ4n) is 3.43. The first-order valence-corrected chi connectivity index (χ1v) is 9.14. The standard InChI is InChI=1S/C19H21N7O2/c1-12(27)25-5-2-6-26(8-7-25)19-21-4-3-16(24-19)15-11-23-18-14(15)9-13(10-22-18)17(20)28/h3-4,9-11H,2,5-8H2,1H3,(H2,20,28)(H,22,23). The van der Waals surface area contributed by atoms with Crippen LogP contribution < -0.4 is 10.6 Å². The van der Waals surface area contributed by atoms with Gasteiger partial charge in [-0.3, -0.25) is 9.59 Å². The summed E-state index contributed by atoms with van der Waals surface area (Å²) in [5.41, 5.74) is 7.94. The Morgan fingerprint density at radius 3 is 2.82 bits per heavy atom. The van der Waals surface area contributed by atoms with Gasteiger partial charge in [0, 0.05) is 62.6 Å². The van der Waals surface area contributed by atoms with Crippen LogP contribution in [0.2, 0.25) is 0 Å². The zero-order valence-electron chi connectivity index (χ0n) is 15.6. The van der Waals surface area contributed by atoms with Gasteiger partial charge in [-0.05, 0) is 18.6 Å². The van der Waals surface area contributed by atoms with E-state index in [1.807, 2.05) is 17.2 Å². The number of hydrogen-bond acceptors (Lipinski definition) is 6. The van der Waals surface area contributed by atoms with Crippen LogP contribution in [-0.2, 0) is 4.79 Å². The third-order valence-corrected chi connectivity index (χ3v) is 4.96. The SMILES string of the molecule is CC(=O)N1CCCN(c2nccc(-c3c[nH]c4ncc(C(N)=O)cc34)n2)CC1. The van der Waals surface area contributed by atoms with E-state index < -0.39 is 5.91 Å². The Morgan fingerprint density at radius 2 is 2.04 bits per heavy atom. The monoisotopic (exact) mass is 379 g/mol. The topological polar surface area (TPSA) is 121 Å². The quantitative estimate of drug-likeness (QED) is 0.705. The molecule has 1 saturated heterocycles. The molecule has 3 aromatic rings. The van der Waals surface area contributed by atoms with Crippen molar-refractivity contribution in [2.24, 2.45) is 5.73 Å². The minimum absolute atomic E-state index is 0.0908. The number of hydrogen-bond donors (Lipinski definition) is 2. The fraction of sp³-hybridized carbons (Fsp3) is 0.316. The predicted octanol–water partition coefficient (Wildman–Crippen LogP) is 1.18. The highest BCUT2D eigenvalue weighted by molar-refractivity contribution is 6.00. The number of nitrogens with one attached hydrogen (secondary N) is 1. The van der Waals surface area contributed by atoms with E-state index in [2.05, 4.69) is 19.9 Å². The zero-order chi connectivity index (χ0) is 19.7. The van der Waals surface area contributed by atoms with Crippen LogP contribution in [0.3, 0.4) is 0 Å². The summed E-state index contributed by atoms with van der Waals surface area (Å²) in [6.07, 6.45) is 5.85. The number of amides is 2. The predicted molar refractivity (Wildman–Crippen MR) is 105 cm³/mol. The second-order valence-electron chi connectivity index (χ2n) is 6.78. The van der Waals surface area contributed by atoms with Gasteiger partial charge in [-0.15, -0.1) is 0 Å². The highest BCUT2D eigenvalue weighted by Gasteiger charge is 2.19. The van der Waals surface area contributed by atoms with Crippen molar-refractivity contribution in [1.82, 2.24) is 24.8 Å². The smallest absolute Gasteiger partial charge is 0.250 e. The molecule has 0 aromatic carbocycles. The molecule has 2 amide bonds. The molecule has 9 heteroatoms. The summed E-state index contributed by atoms with van der Waals surface area (Å²) in [6, 6.07) is 3.54. The number of rotatable bonds is 3. The van der Waals surface area contributed by atoms with Crippen molar-refractivity contribution in [3.8, 4) is 11.3 Å². The van der Waals surface area contributed by atoms with Crippen molar-refractivity contribution in [2.45, 2.75) is 13.3 Å². The number of H-pyrrole nitrogens is 1. The molecule has 0 atom stereocenters. The first-order chi connectivity index (χ1) is 13.5. The minimum atomic E-state index is -0.524. The molecule has 0 saturated carbocycles. The number of aromatic nitrogens is 4. The molecule has 0 bridgehead atoms. The Labute approximate surface area is 161 Å². The van der Waals surface area contributed by atoms with Crippen LogP contribution in [0.1, 0.15) is 23.7 Å². The molecular weight excluding hydrogens is 358 g/mol. The van der Waals surface area contributed by atoms with E-state index in [9.17, 15) is 9.59 Å². The van der Waals surface area contributed by atoms with Gasteiger partial charge in [-0.25, -0.2) is 15.0 Å².